The molecule has 0 amide bonds. The van der Waals surface area contributed by atoms with Crippen molar-refractivity contribution in [3.05, 3.63) is 52.5 Å². The van der Waals surface area contributed by atoms with E-state index in [1.54, 1.807) is 11.3 Å². The van der Waals surface area contributed by atoms with Gasteiger partial charge in [0.15, 0.2) is 0 Å². The molecule has 2 unspecified atom stereocenters. The van der Waals surface area contributed by atoms with Gasteiger partial charge in [0.1, 0.15) is 0 Å². The van der Waals surface area contributed by atoms with Gasteiger partial charge in [-0.1, -0.05) is 6.07 Å². The predicted octanol–water partition coefficient (Wildman–Crippen LogP) is 2.79. The number of aliphatic hydroxyl groups is 1. The van der Waals surface area contributed by atoms with Gasteiger partial charge in [0.05, 0.1) is 6.10 Å². The zero-order chi connectivity index (χ0) is 13.8. The normalized spacial score (nSPS) is 17.9. The summed E-state index contributed by atoms with van der Waals surface area (Å²) in [7, 11) is 0. The van der Waals surface area contributed by atoms with Crippen molar-refractivity contribution >= 4 is 11.3 Å². The van der Waals surface area contributed by atoms with E-state index in [9.17, 15) is 5.11 Å². The summed E-state index contributed by atoms with van der Waals surface area (Å²) in [6.45, 7) is 0.616. The third-order valence-electron chi connectivity index (χ3n) is 3.85. The van der Waals surface area contributed by atoms with Gasteiger partial charge in [0.2, 0.25) is 0 Å². The number of aromatic nitrogens is 1. The summed E-state index contributed by atoms with van der Waals surface area (Å²) in [4.78, 5) is 4.40. The first-order chi connectivity index (χ1) is 9.83. The number of nitrogens with zero attached hydrogens (tertiary/aromatic N) is 1. The summed E-state index contributed by atoms with van der Waals surface area (Å²) in [5, 5.41) is 17.7. The van der Waals surface area contributed by atoms with Gasteiger partial charge in [0.25, 0.3) is 0 Å². The second kappa shape index (κ2) is 6.48. The molecule has 0 radical (unpaired) electrons. The molecule has 0 bridgehead atoms. The smallest absolute Gasteiger partial charge is 0.0922 e. The van der Waals surface area contributed by atoms with E-state index in [2.05, 4.69) is 16.4 Å². The summed E-state index contributed by atoms with van der Waals surface area (Å²) >= 11 is 1.63. The fraction of sp³-hybridized carbons (Fsp3) is 0.438. The average molecular weight is 288 g/mol. The topological polar surface area (TPSA) is 45.1 Å². The standard InChI is InChI=1S/C16H20N2OS/c19-16(13-6-8-20-11-13)10-18-15(12-4-5-12)9-14-3-1-2-7-17-14/h1-3,6-8,11-12,15-16,18-19H,4-5,9-10H2. The van der Waals surface area contributed by atoms with Crippen molar-refractivity contribution in [2.75, 3.05) is 6.54 Å². The lowest BCUT2D eigenvalue weighted by molar-refractivity contribution is 0.168. The molecule has 106 valence electrons. The van der Waals surface area contributed by atoms with Crippen molar-refractivity contribution in [1.29, 1.82) is 0 Å². The van der Waals surface area contributed by atoms with Crippen molar-refractivity contribution in [3.8, 4) is 0 Å². The summed E-state index contributed by atoms with van der Waals surface area (Å²) in [6, 6.07) is 8.47. The molecular weight excluding hydrogens is 268 g/mol. The summed E-state index contributed by atoms with van der Waals surface area (Å²) in [5.74, 6) is 0.742. The molecule has 2 heterocycles. The van der Waals surface area contributed by atoms with Crippen LogP contribution in [-0.4, -0.2) is 22.7 Å². The van der Waals surface area contributed by atoms with Gasteiger partial charge in [-0.2, -0.15) is 11.3 Å². The molecule has 0 spiro atoms. The molecule has 1 saturated carbocycles. The number of nitrogens with one attached hydrogen (secondary N) is 1. The minimum Gasteiger partial charge on any atom is -0.387 e. The largest absolute Gasteiger partial charge is 0.387 e. The lowest BCUT2D eigenvalue weighted by Gasteiger charge is -2.20. The molecule has 0 saturated heterocycles. The van der Waals surface area contributed by atoms with Crippen LogP contribution in [0, 0.1) is 5.92 Å². The highest BCUT2D eigenvalue weighted by Crippen LogP contribution is 2.34. The third kappa shape index (κ3) is 3.66. The molecule has 20 heavy (non-hydrogen) atoms. The molecule has 2 N–H and O–H groups in total. The maximum absolute atomic E-state index is 10.2. The number of rotatable bonds is 7. The highest BCUT2D eigenvalue weighted by Gasteiger charge is 2.31. The lowest BCUT2D eigenvalue weighted by atomic mass is 10.1. The van der Waals surface area contributed by atoms with Crippen LogP contribution in [0.3, 0.4) is 0 Å². The van der Waals surface area contributed by atoms with Crippen LogP contribution < -0.4 is 5.32 Å². The Morgan fingerprint density at radius 1 is 1.35 bits per heavy atom. The van der Waals surface area contributed by atoms with E-state index in [0.717, 1.165) is 23.6 Å². The van der Waals surface area contributed by atoms with Gasteiger partial charge in [-0.15, -0.1) is 0 Å². The van der Waals surface area contributed by atoms with Crippen LogP contribution in [0.1, 0.15) is 30.2 Å². The Balaban J connectivity index is 1.55. The Morgan fingerprint density at radius 3 is 2.90 bits per heavy atom. The molecule has 1 fully saturated rings. The molecule has 1 aliphatic carbocycles. The highest BCUT2D eigenvalue weighted by molar-refractivity contribution is 7.07. The number of hydrogen-bond acceptors (Lipinski definition) is 4. The first-order valence-corrected chi connectivity index (χ1v) is 8.10. The van der Waals surface area contributed by atoms with Crippen LogP contribution >= 0.6 is 11.3 Å². The monoisotopic (exact) mass is 288 g/mol. The van der Waals surface area contributed by atoms with E-state index < -0.39 is 6.10 Å². The fourth-order valence-electron chi connectivity index (χ4n) is 2.49. The fourth-order valence-corrected chi connectivity index (χ4v) is 3.20. The molecular formula is C16H20N2OS. The third-order valence-corrected chi connectivity index (χ3v) is 4.55. The first kappa shape index (κ1) is 13.7. The van der Waals surface area contributed by atoms with Crippen molar-refractivity contribution in [2.45, 2.75) is 31.4 Å². The Morgan fingerprint density at radius 2 is 2.25 bits per heavy atom. The Hall–Kier alpha value is -1.23. The molecule has 4 heteroatoms. The highest BCUT2D eigenvalue weighted by atomic mass is 32.1. The van der Waals surface area contributed by atoms with E-state index in [1.165, 1.54) is 12.8 Å². The van der Waals surface area contributed by atoms with Crippen LogP contribution in [0.25, 0.3) is 0 Å². The quantitative estimate of drug-likeness (QED) is 0.823. The number of hydrogen-bond donors (Lipinski definition) is 2. The van der Waals surface area contributed by atoms with Crippen LogP contribution in [0.2, 0.25) is 0 Å². The summed E-state index contributed by atoms with van der Waals surface area (Å²) < 4.78 is 0. The van der Waals surface area contributed by atoms with Crippen molar-refractivity contribution in [3.63, 3.8) is 0 Å². The maximum atomic E-state index is 10.2. The molecule has 2 aromatic rings. The molecule has 3 rings (SSSR count). The van der Waals surface area contributed by atoms with E-state index in [4.69, 9.17) is 0 Å². The van der Waals surface area contributed by atoms with Crippen LogP contribution in [0.4, 0.5) is 0 Å². The van der Waals surface area contributed by atoms with Gasteiger partial charge < -0.3 is 10.4 Å². The maximum Gasteiger partial charge on any atom is 0.0922 e. The molecule has 0 aliphatic heterocycles. The zero-order valence-electron chi connectivity index (χ0n) is 11.4. The molecule has 3 nitrogen and oxygen atoms in total. The van der Waals surface area contributed by atoms with Gasteiger partial charge in [-0.25, -0.2) is 0 Å². The Kier molecular flexibility index (Phi) is 4.45. The lowest BCUT2D eigenvalue weighted by Crippen LogP contribution is -2.36. The number of aliphatic hydroxyl groups excluding tert-OH is 1. The number of thiophene rings is 1. The molecule has 0 aromatic carbocycles. The first-order valence-electron chi connectivity index (χ1n) is 7.16. The summed E-state index contributed by atoms with van der Waals surface area (Å²) in [5.41, 5.74) is 2.14. The Bertz CT molecular complexity index is 511. The Labute approximate surface area is 123 Å². The van der Waals surface area contributed by atoms with Gasteiger partial charge >= 0.3 is 0 Å². The van der Waals surface area contributed by atoms with E-state index in [1.807, 2.05) is 35.2 Å². The van der Waals surface area contributed by atoms with Crippen molar-refractivity contribution < 1.29 is 5.11 Å². The zero-order valence-corrected chi connectivity index (χ0v) is 12.2. The molecule has 1 aliphatic rings. The van der Waals surface area contributed by atoms with Crippen LogP contribution in [0.15, 0.2) is 41.2 Å². The van der Waals surface area contributed by atoms with Crippen molar-refractivity contribution in [2.24, 2.45) is 5.92 Å². The number of pyridine rings is 1. The second-order valence-corrected chi connectivity index (χ2v) is 6.23. The van der Waals surface area contributed by atoms with Crippen LogP contribution in [-0.2, 0) is 6.42 Å². The molecule has 2 aromatic heterocycles. The van der Waals surface area contributed by atoms with E-state index in [-0.39, 0.29) is 0 Å². The van der Waals surface area contributed by atoms with E-state index >= 15 is 0 Å². The molecule has 2 atom stereocenters. The van der Waals surface area contributed by atoms with Gasteiger partial charge in [-0.3, -0.25) is 4.98 Å². The average Bonchev–Trinajstić information content (AvgIpc) is 3.18. The van der Waals surface area contributed by atoms with Crippen LogP contribution in [0.5, 0.6) is 0 Å². The van der Waals surface area contributed by atoms with E-state index in [0.29, 0.717) is 12.6 Å². The SMILES string of the molecule is OC(CNC(Cc1ccccn1)C1CC1)c1ccsc1. The van der Waals surface area contributed by atoms with Crippen molar-refractivity contribution in [1.82, 2.24) is 10.3 Å². The minimum absolute atomic E-state index is 0.411. The van der Waals surface area contributed by atoms with Gasteiger partial charge in [0, 0.05) is 30.9 Å². The minimum atomic E-state index is -0.411. The predicted molar refractivity (Wildman–Crippen MR) is 81.7 cm³/mol. The second-order valence-electron chi connectivity index (χ2n) is 5.45. The van der Waals surface area contributed by atoms with Gasteiger partial charge in [-0.05, 0) is 53.3 Å². The summed E-state index contributed by atoms with van der Waals surface area (Å²) in [6.07, 6.45) is 4.96.